The average molecular weight is 735 g/mol. The minimum absolute atomic E-state index is 0.0336. The number of carbonyl (C=O) groups is 3. The van der Waals surface area contributed by atoms with Gasteiger partial charge in [-0.1, -0.05) is 30.3 Å². The first kappa shape index (κ1) is 39.8. The van der Waals surface area contributed by atoms with Crippen molar-refractivity contribution < 1.29 is 37.8 Å². The summed E-state index contributed by atoms with van der Waals surface area (Å²) in [6.07, 6.45) is 3.68. The van der Waals surface area contributed by atoms with Crippen LogP contribution in [0, 0.1) is 17.8 Å². The fourth-order valence-corrected chi connectivity index (χ4v) is 7.98. The van der Waals surface area contributed by atoms with Crippen LogP contribution in [0.2, 0.25) is 0 Å². The van der Waals surface area contributed by atoms with Gasteiger partial charge in [-0.15, -0.1) is 0 Å². The van der Waals surface area contributed by atoms with Crippen molar-refractivity contribution in [1.29, 1.82) is 0 Å². The molecular formula is C36H54N4O8S2. The normalized spacial score (nSPS) is 18.4. The fourth-order valence-electron chi connectivity index (χ4n) is 5.34. The first-order valence-electron chi connectivity index (χ1n) is 17.4. The monoisotopic (exact) mass is 734 g/mol. The highest BCUT2D eigenvalue weighted by atomic mass is 32.2. The van der Waals surface area contributed by atoms with E-state index in [4.69, 9.17) is 4.74 Å². The number of carbonyl (C=O) groups excluding carboxylic acids is 3. The number of hydrogen-bond donors (Lipinski definition) is 4. The van der Waals surface area contributed by atoms with E-state index < -0.39 is 74.1 Å². The molecule has 0 bridgehead atoms. The summed E-state index contributed by atoms with van der Waals surface area (Å²) >= 11 is 1.60. The summed E-state index contributed by atoms with van der Waals surface area (Å²) in [4.78, 5) is 45.1. The standard InChI is InChI=1S/C36H54N4O8S2/c1-35(2,3)48-34(45)40-18-27(37-22-40)17-28(33(44)39-29(20-49-19-24-12-13-24)31(42)30(41)25-14-15-25)38-32(43)26(16-23-10-8-7-9-11-23)21-50(46,47)36(4,5)6/h7-11,18,22,24-26,28-31,41-42H,12-17,19-21H2,1-6H3,(H,38,43)(H,39,44)/t26-,28+,29-,30-,31+/m1/s1. The summed E-state index contributed by atoms with van der Waals surface area (Å²) in [6.45, 7) is 9.95. The molecule has 50 heavy (non-hydrogen) atoms. The molecule has 2 saturated carbocycles. The van der Waals surface area contributed by atoms with E-state index in [0.29, 0.717) is 17.4 Å². The van der Waals surface area contributed by atoms with Crippen molar-refractivity contribution in [3.63, 3.8) is 0 Å². The van der Waals surface area contributed by atoms with E-state index in [-0.39, 0.29) is 18.8 Å². The van der Waals surface area contributed by atoms with E-state index in [9.17, 15) is 33.0 Å². The summed E-state index contributed by atoms with van der Waals surface area (Å²) in [5, 5.41) is 27.7. The van der Waals surface area contributed by atoms with E-state index in [2.05, 4.69) is 15.6 Å². The predicted molar refractivity (Wildman–Crippen MR) is 193 cm³/mol. The number of hydrogen-bond acceptors (Lipinski definition) is 10. The lowest BCUT2D eigenvalue weighted by Gasteiger charge is -2.30. The zero-order valence-electron chi connectivity index (χ0n) is 30.0. The third-order valence-electron chi connectivity index (χ3n) is 8.88. The number of amides is 2. The number of aromatic nitrogens is 2. The average Bonchev–Trinajstić information content (AvgIpc) is 3.97. The quantitative estimate of drug-likeness (QED) is 0.188. The van der Waals surface area contributed by atoms with Gasteiger partial charge in [0.05, 0.1) is 34.3 Å². The molecule has 1 aromatic heterocycles. The number of thioether (sulfide) groups is 1. The highest BCUT2D eigenvalue weighted by Gasteiger charge is 2.40. The molecule has 2 aromatic rings. The lowest BCUT2D eigenvalue weighted by atomic mass is 9.99. The molecule has 278 valence electrons. The van der Waals surface area contributed by atoms with E-state index in [0.717, 1.165) is 41.6 Å². The molecule has 0 radical (unpaired) electrons. The number of benzene rings is 1. The molecule has 1 aromatic carbocycles. The Labute approximate surface area is 300 Å². The first-order valence-corrected chi connectivity index (χ1v) is 20.2. The van der Waals surface area contributed by atoms with Gasteiger partial charge in [0.1, 0.15) is 24.1 Å². The molecule has 4 rings (SSSR count). The Morgan fingerprint density at radius 3 is 2.22 bits per heavy atom. The Balaban J connectivity index is 1.60. The molecule has 4 N–H and O–H groups in total. The van der Waals surface area contributed by atoms with E-state index >= 15 is 0 Å². The van der Waals surface area contributed by atoms with Crippen molar-refractivity contribution in [2.75, 3.05) is 17.3 Å². The lowest BCUT2D eigenvalue weighted by molar-refractivity contribution is -0.131. The molecule has 2 aliphatic rings. The van der Waals surface area contributed by atoms with E-state index in [1.807, 2.05) is 30.3 Å². The third-order valence-corrected chi connectivity index (χ3v) is 12.9. The Morgan fingerprint density at radius 2 is 1.64 bits per heavy atom. The van der Waals surface area contributed by atoms with Crippen LogP contribution >= 0.6 is 11.8 Å². The summed E-state index contributed by atoms with van der Waals surface area (Å²) in [6, 6.07) is 7.02. The van der Waals surface area contributed by atoms with Crippen molar-refractivity contribution in [2.45, 2.75) is 115 Å². The first-order chi connectivity index (χ1) is 23.3. The number of sulfone groups is 1. The summed E-state index contributed by atoms with van der Waals surface area (Å²) in [7, 11) is -3.74. The Bertz CT molecular complexity index is 1560. The molecule has 2 amide bonds. The van der Waals surface area contributed by atoms with Crippen LogP contribution in [0.5, 0.6) is 0 Å². The second kappa shape index (κ2) is 16.6. The van der Waals surface area contributed by atoms with Crippen molar-refractivity contribution in [2.24, 2.45) is 17.8 Å². The zero-order valence-corrected chi connectivity index (χ0v) is 31.6. The zero-order chi connectivity index (χ0) is 36.9. The Morgan fingerprint density at radius 1 is 0.980 bits per heavy atom. The molecule has 2 fully saturated rings. The Hall–Kier alpha value is -2.94. The Kier molecular flexibility index (Phi) is 13.2. The third kappa shape index (κ3) is 12.1. The fraction of sp³-hybridized carbons (Fsp3) is 0.667. The van der Waals surface area contributed by atoms with Gasteiger partial charge >= 0.3 is 6.09 Å². The number of ether oxygens (including phenoxy) is 1. The van der Waals surface area contributed by atoms with Crippen LogP contribution in [0.15, 0.2) is 42.9 Å². The van der Waals surface area contributed by atoms with Gasteiger partial charge in [-0.2, -0.15) is 11.8 Å². The van der Waals surface area contributed by atoms with Crippen LogP contribution in [0.1, 0.15) is 78.5 Å². The van der Waals surface area contributed by atoms with Crippen LogP contribution in [0.4, 0.5) is 4.79 Å². The molecule has 0 unspecified atom stereocenters. The smallest absolute Gasteiger partial charge is 0.419 e. The molecule has 2 aliphatic carbocycles. The molecule has 0 spiro atoms. The minimum Gasteiger partial charge on any atom is -0.443 e. The number of aliphatic hydroxyl groups excluding tert-OH is 2. The largest absolute Gasteiger partial charge is 0.443 e. The number of rotatable bonds is 17. The minimum atomic E-state index is -3.74. The number of nitrogens with one attached hydrogen (secondary N) is 2. The second-order valence-electron chi connectivity index (χ2n) is 15.7. The van der Waals surface area contributed by atoms with Gasteiger partial charge < -0.3 is 25.6 Å². The van der Waals surface area contributed by atoms with Crippen LogP contribution in [0.3, 0.4) is 0 Å². The molecule has 12 nitrogen and oxygen atoms in total. The predicted octanol–water partition coefficient (Wildman–Crippen LogP) is 3.53. The van der Waals surface area contributed by atoms with Gasteiger partial charge in [0, 0.05) is 18.4 Å². The summed E-state index contributed by atoms with van der Waals surface area (Å²) in [5.41, 5.74) is 0.313. The van der Waals surface area contributed by atoms with Crippen molar-refractivity contribution >= 4 is 39.5 Å². The number of aliphatic hydroxyl groups is 2. The van der Waals surface area contributed by atoms with Crippen LogP contribution in [0.25, 0.3) is 0 Å². The topological polar surface area (TPSA) is 177 Å². The van der Waals surface area contributed by atoms with Crippen LogP contribution < -0.4 is 10.6 Å². The van der Waals surface area contributed by atoms with Crippen molar-refractivity contribution in [3.05, 3.63) is 54.1 Å². The maximum atomic E-state index is 14.1. The van der Waals surface area contributed by atoms with Gasteiger partial charge in [-0.25, -0.2) is 22.8 Å². The van der Waals surface area contributed by atoms with Crippen LogP contribution in [-0.2, 0) is 37.0 Å². The van der Waals surface area contributed by atoms with E-state index in [1.165, 1.54) is 12.5 Å². The molecule has 0 aliphatic heterocycles. The van der Waals surface area contributed by atoms with Gasteiger partial charge in [-0.3, -0.25) is 9.59 Å². The maximum absolute atomic E-state index is 14.1. The SMILES string of the molecule is CC(C)(C)OC(=O)n1cnc(C[C@H](NC(=O)[C@H](Cc2ccccc2)CS(=O)(=O)C(C)(C)C)C(=O)N[C@H](CSCC2CC2)[C@H](O)[C@H](O)C2CC2)c1. The van der Waals surface area contributed by atoms with Gasteiger partial charge in [-0.05, 0) is 96.8 Å². The molecule has 0 saturated heterocycles. The van der Waals surface area contributed by atoms with Gasteiger partial charge in [0.2, 0.25) is 11.8 Å². The molecular weight excluding hydrogens is 681 g/mol. The highest BCUT2D eigenvalue weighted by molar-refractivity contribution is 7.99. The lowest BCUT2D eigenvalue weighted by Crippen LogP contribution is -2.57. The van der Waals surface area contributed by atoms with Crippen molar-refractivity contribution in [1.82, 2.24) is 20.2 Å². The van der Waals surface area contributed by atoms with Crippen molar-refractivity contribution in [3.8, 4) is 0 Å². The maximum Gasteiger partial charge on any atom is 0.419 e. The van der Waals surface area contributed by atoms with Gasteiger partial charge in [0.15, 0.2) is 9.84 Å². The highest BCUT2D eigenvalue weighted by Crippen LogP contribution is 2.36. The summed E-state index contributed by atoms with van der Waals surface area (Å²) in [5.74, 6) is -0.901. The molecule has 14 heteroatoms. The number of imidazole rings is 1. The van der Waals surface area contributed by atoms with Gasteiger partial charge in [0.25, 0.3) is 0 Å². The summed E-state index contributed by atoms with van der Waals surface area (Å²) < 4.78 is 32.2. The number of nitrogens with zero attached hydrogens (tertiary/aromatic N) is 2. The van der Waals surface area contributed by atoms with Crippen LogP contribution in [-0.4, -0.2) is 98.0 Å². The molecule has 5 atom stereocenters. The molecule has 1 heterocycles. The van der Waals surface area contributed by atoms with E-state index in [1.54, 1.807) is 53.3 Å². The second-order valence-corrected chi connectivity index (χ2v) is 19.6.